The minimum absolute atomic E-state index is 0.356. The largest absolute Gasteiger partial charge is 0.486 e. The zero-order chi connectivity index (χ0) is 14.9. The lowest BCUT2D eigenvalue weighted by atomic mass is 10.2. The van der Waals surface area contributed by atoms with Gasteiger partial charge in [-0.15, -0.1) is 0 Å². The maximum absolute atomic E-state index is 8.34. The van der Waals surface area contributed by atoms with Gasteiger partial charge in [-0.25, -0.2) is 9.98 Å². The zero-order valence-corrected chi connectivity index (χ0v) is 11.8. The van der Waals surface area contributed by atoms with Crippen molar-refractivity contribution in [2.45, 2.75) is 13.0 Å². The van der Waals surface area contributed by atoms with Gasteiger partial charge in [0.15, 0.2) is 12.2 Å². The molecule has 0 aliphatic heterocycles. The third-order valence-electron chi connectivity index (χ3n) is 2.87. The number of aromatic nitrogens is 2. The Kier molecular flexibility index (Phi) is 5.37. The Morgan fingerprint density at radius 2 is 2.19 bits per heavy atom. The second-order valence-electron chi connectivity index (χ2n) is 4.30. The van der Waals surface area contributed by atoms with E-state index in [1.165, 1.54) is 6.40 Å². The lowest BCUT2D eigenvalue weighted by Gasteiger charge is -2.06. The molecule has 7 nitrogen and oxygen atoms in total. The molecule has 0 saturated heterocycles. The minimum atomic E-state index is 0.356. The summed E-state index contributed by atoms with van der Waals surface area (Å²) in [5.41, 5.74) is 10.3. The summed E-state index contributed by atoms with van der Waals surface area (Å²) in [5.74, 6) is 0.717. The van der Waals surface area contributed by atoms with Gasteiger partial charge in [-0.3, -0.25) is 0 Å². The van der Waals surface area contributed by atoms with Crippen molar-refractivity contribution in [3.05, 3.63) is 58.4 Å². The van der Waals surface area contributed by atoms with Crippen LogP contribution in [0.3, 0.4) is 0 Å². The maximum atomic E-state index is 8.34. The van der Waals surface area contributed by atoms with Crippen LogP contribution in [0.5, 0.6) is 0 Å². The van der Waals surface area contributed by atoms with E-state index in [1.54, 1.807) is 13.4 Å². The summed E-state index contributed by atoms with van der Waals surface area (Å²) in [7, 11) is 1.54. The van der Waals surface area contributed by atoms with Gasteiger partial charge in [-0.2, -0.15) is 0 Å². The van der Waals surface area contributed by atoms with Crippen molar-refractivity contribution in [3.8, 4) is 0 Å². The maximum Gasteiger partial charge on any atom is 0.175 e. The molecule has 7 heteroatoms. The molecule has 2 rings (SSSR count). The predicted octanol–water partition coefficient (Wildman–Crippen LogP) is 3.09. The first kappa shape index (κ1) is 14.6. The van der Waals surface area contributed by atoms with Gasteiger partial charge in [0, 0.05) is 11.5 Å². The van der Waals surface area contributed by atoms with Crippen LogP contribution in [0.15, 0.2) is 46.8 Å². The molecule has 1 heterocycles. The van der Waals surface area contributed by atoms with Crippen LogP contribution in [-0.2, 0) is 17.7 Å². The molecule has 0 radical (unpaired) electrons. The topological polar surface area (TPSA) is 88.2 Å². The van der Waals surface area contributed by atoms with Crippen LogP contribution >= 0.6 is 0 Å². The molecule has 0 aliphatic rings. The van der Waals surface area contributed by atoms with Gasteiger partial charge in [0.05, 0.1) is 25.7 Å². The second-order valence-corrected chi connectivity index (χ2v) is 4.30. The number of azide groups is 1. The van der Waals surface area contributed by atoms with Crippen molar-refractivity contribution in [1.82, 2.24) is 9.55 Å². The van der Waals surface area contributed by atoms with E-state index < -0.39 is 0 Å². The molecule has 1 aromatic carbocycles. The molecule has 0 atom stereocenters. The van der Waals surface area contributed by atoms with Crippen LogP contribution in [0.2, 0.25) is 0 Å². The van der Waals surface area contributed by atoms with Crippen molar-refractivity contribution in [2.75, 3.05) is 13.7 Å². The van der Waals surface area contributed by atoms with Gasteiger partial charge < -0.3 is 9.30 Å². The lowest BCUT2D eigenvalue weighted by molar-refractivity contribution is 0.422. The van der Waals surface area contributed by atoms with E-state index in [0.717, 1.165) is 11.3 Å². The van der Waals surface area contributed by atoms with Crippen molar-refractivity contribution >= 4 is 12.2 Å². The van der Waals surface area contributed by atoms with E-state index in [4.69, 9.17) is 10.3 Å². The quantitative estimate of drug-likeness (QED) is 0.257. The number of rotatable bonds is 7. The van der Waals surface area contributed by atoms with Gasteiger partial charge >= 0.3 is 0 Å². The molecular weight excluding hydrogens is 268 g/mol. The van der Waals surface area contributed by atoms with Crippen molar-refractivity contribution in [1.29, 1.82) is 0 Å². The number of aliphatic imine (C=N–C) groups is 1. The molecule has 0 saturated carbocycles. The molecule has 0 N–H and O–H groups in total. The summed E-state index contributed by atoms with van der Waals surface area (Å²) in [5, 5.41) is 3.53. The fourth-order valence-electron chi connectivity index (χ4n) is 1.94. The fourth-order valence-corrected chi connectivity index (χ4v) is 1.94. The number of ether oxygens (including phenoxy) is 1. The average Bonchev–Trinajstić information content (AvgIpc) is 2.88. The summed E-state index contributed by atoms with van der Waals surface area (Å²) in [6.45, 7) is 1.03. The predicted molar refractivity (Wildman–Crippen MR) is 80.6 cm³/mol. The van der Waals surface area contributed by atoms with E-state index in [-0.39, 0.29) is 0 Å². The lowest BCUT2D eigenvalue weighted by Crippen LogP contribution is -1.98. The molecule has 0 aliphatic carbocycles. The normalized spacial score (nSPS) is 10.5. The van der Waals surface area contributed by atoms with E-state index in [2.05, 4.69) is 20.0 Å². The Morgan fingerprint density at radius 1 is 1.38 bits per heavy atom. The summed E-state index contributed by atoms with van der Waals surface area (Å²) in [4.78, 5) is 11.4. The monoisotopic (exact) mass is 284 g/mol. The fraction of sp³-hybridized carbons (Fsp3) is 0.286. The molecule has 2 aromatic rings. The van der Waals surface area contributed by atoms with Crippen LogP contribution in [0.4, 0.5) is 5.82 Å². The molecule has 0 fully saturated rings. The standard InChI is InChI=1S/C14H16N6O/c1-21-11-17-14-13(7-8-18-19-15)16-10-20(14)9-12-5-3-2-4-6-12/h2-6,10-11H,7-9H2,1H3/b17-11+. The number of hydrogen-bond acceptors (Lipinski definition) is 4. The number of nitrogens with zero attached hydrogens (tertiary/aromatic N) is 6. The SMILES string of the molecule is CO/C=N/c1c(CCN=[N+]=[N-])ncn1Cc1ccccc1. The van der Waals surface area contributed by atoms with Crippen molar-refractivity contribution < 1.29 is 4.74 Å². The summed E-state index contributed by atoms with van der Waals surface area (Å²) in [6.07, 6.45) is 3.65. The number of methoxy groups -OCH3 is 1. The highest BCUT2D eigenvalue weighted by atomic mass is 16.5. The van der Waals surface area contributed by atoms with E-state index in [1.807, 2.05) is 34.9 Å². The number of hydrogen-bond donors (Lipinski definition) is 0. The Hall–Kier alpha value is -2.79. The van der Waals surface area contributed by atoms with Gasteiger partial charge in [0.25, 0.3) is 0 Å². The van der Waals surface area contributed by atoms with Gasteiger partial charge in [-0.1, -0.05) is 35.4 Å². The third kappa shape index (κ3) is 4.09. The van der Waals surface area contributed by atoms with E-state index in [0.29, 0.717) is 25.3 Å². The first-order valence-electron chi connectivity index (χ1n) is 6.49. The van der Waals surface area contributed by atoms with Crippen LogP contribution in [0.25, 0.3) is 10.4 Å². The molecule has 0 bridgehead atoms. The van der Waals surface area contributed by atoms with Crippen molar-refractivity contribution in [2.24, 2.45) is 10.1 Å². The Morgan fingerprint density at radius 3 is 2.90 bits per heavy atom. The number of benzene rings is 1. The Balaban J connectivity index is 2.23. The van der Waals surface area contributed by atoms with Crippen LogP contribution < -0.4 is 0 Å². The van der Waals surface area contributed by atoms with Crippen LogP contribution in [0.1, 0.15) is 11.3 Å². The smallest absolute Gasteiger partial charge is 0.175 e. The Labute approximate surface area is 122 Å². The van der Waals surface area contributed by atoms with Gasteiger partial charge in [-0.05, 0) is 17.5 Å². The van der Waals surface area contributed by atoms with Crippen LogP contribution in [0, 0.1) is 0 Å². The molecule has 0 amide bonds. The molecule has 1 aromatic heterocycles. The molecule has 108 valence electrons. The second kappa shape index (κ2) is 7.72. The van der Waals surface area contributed by atoms with Crippen molar-refractivity contribution in [3.63, 3.8) is 0 Å². The molecule has 21 heavy (non-hydrogen) atoms. The minimum Gasteiger partial charge on any atom is -0.486 e. The van der Waals surface area contributed by atoms with Gasteiger partial charge in [0.2, 0.25) is 0 Å². The van der Waals surface area contributed by atoms with E-state index in [9.17, 15) is 0 Å². The highest BCUT2D eigenvalue weighted by Gasteiger charge is 2.10. The van der Waals surface area contributed by atoms with Crippen LogP contribution in [-0.4, -0.2) is 29.6 Å². The zero-order valence-electron chi connectivity index (χ0n) is 11.8. The molecule has 0 unspecified atom stereocenters. The summed E-state index contributed by atoms with van der Waals surface area (Å²) >= 11 is 0. The number of imidazole rings is 1. The first-order valence-corrected chi connectivity index (χ1v) is 6.49. The highest BCUT2D eigenvalue weighted by Crippen LogP contribution is 2.20. The van der Waals surface area contributed by atoms with E-state index >= 15 is 0 Å². The summed E-state index contributed by atoms with van der Waals surface area (Å²) < 4.78 is 6.83. The highest BCUT2D eigenvalue weighted by molar-refractivity contribution is 5.55. The molecule has 0 spiro atoms. The molecular formula is C14H16N6O. The summed E-state index contributed by atoms with van der Waals surface area (Å²) in [6, 6.07) is 10.1. The first-order chi connectivity index (χ1) is 10.3. The van der Waals surface area contributed by atoms with Gasteiger partial charge in [0.1, 0.15) is 0 Å². The average molecular weight is 284 g/mol. The third-order valence-corrected chi connectivity index (χ3v) is 2.87. The Bertz CT molecular complexity index is 643.